The third-order valence-corrected chi connectivity index (χ3v) is 3.82. The van der Waals surface area contributed by atoms with Gasteiger partial charge >= 0.3 is 0 Å². The predicted molar refractivity (Wildman–Crippen MR) is 76.0 cm³/mol. The Balaban J connectivity index is 2.26. The van der Waals surface area contributed by atoms with Gasteiger partial charge in [-0.15, -0.1) is 0 Å². The standard InChI is InChI=1S/C15H22ClNO/c1-14(2)8-10-5-6-11(16)7-12(10)13(14)17-9-15(3,4)18/h5-7,13,17-18H,8-9H2,1-4H3. The average molecular weight is 268 g/mol. The first kappa shape index (κ1) is 13.9. The van der Waals surface area contributed by atoms with Crippen molar-refractivity contribution in [2.24, 2.45) is 5.41 Å². The number of aliphatic hydroxyl groups is 1. The lowest BCUT2D eigenvalue weighted by Gasteiger charge is -2.31. The average Bonchev–Trinajstić information content (AvgIpc) is 2.44. The van der Waals surface area contributed by atoms with Gasteiger partial charge in [-0.25, -0.2) is 0 Å². The van der Waals surface area contributed by atoms with Crippen LogP contribution in [-0.2, 0) is 6.42 Å². The molecule has 0 radical (unpaired) electrons. The van der Waals surface area contributed by atoms with Crippen molar-refractivity contribution in [2.75, 3.05) is 6.54 Å². The zero-order chi connectivity index (χ0) is 13.6. The van der Waals surface area contributed by atoms with Crippen LogP contribution in [0.5, 0.6) is 0 Å². The molecule has 0 aliphatic heterocycles. The molecule has 0 heterocycles. The zero-order valence-electron chi connectivity index (χ0n) is 11.5. The summed E-state index contributed by atoms with van der Waals surface area (Å²) < 4.78 is 0. The minimum absolute atomic E-state index is 0.151. The first-order chi connectivity index (χ1) is 8.19. The van der Waals surface area contributed by atoms with Crippen molar-refractivity contribution in [1.82, 2.24) is 5.32 Å². The Hall–Kier alpha value is -0.570. The quantitative estimate of drug-likeness (QED) is 0.881. The van der Waals surface area contributed by atoms with Gasteiger partial charge in [-0.1, -0.05) is 31.5 Å². The summed E-state index contributed by atoms with van der Waals surface area (Å²) in [4.78, 5) is 0. The third kappa shape index (κ3) is 2.87. The van der Waals surface area contributed by atoms with Crippen molar-refractivity contribution in [3.8, 4) is 0 Å². The molecule has 1 unspecified atom stereocenters. The maximum atomic E-state index is 9.86. The Morgan fingerprint density at radius 2 is 2.11 bits per heavy atom. The van der Waals surface area contributed by atoms with Crippen molar-refractivity contribution in [2.45, 2.75) is 45.8 Å². The molecule has 2 N–H and O–H groups in total. The van der Waals surface area contributed by atoms with Crippen LogP contribution in [0.4, 0.5) is 0 Å². The molecule has 1 aromatic rings. The fourth-order valence-corrected chi connectivity index (χ4v) is 2.93. The van der Waals surface area contributed by atoms with Crippen LogP contribution >= 0.6 is 11.6 Å². The summed E-state index contributed by atoms with van der Waals surface area (Å²) in [5.41, 5.74) is 2.09. The summed E-state index contributed by atoms with van der Waals surface area (Å²) in [6.45, 7) is 8.72. The number of hydrogen-bond donors (Lipinski definition) is 2. The van der Waals surface area contributed by atoms with E-state index < -0.39 is 5.60 Å². The lowest BCUT2D eigenvalue weighted by molar-refractivity contribution is 0.0703. The van der Waals surface area contributed by atoms with E-state index in [9.17, 15) is 5.11 Å². The Labute approximate surface area is 114 Å². The van der Waals surface area contributed by atoms with E-state index in [1.54, 1.807) is 0 Å². The number of halogens is 1. The van der Waals surface area contributed by atoms with E-state index in [0.29, 0.717) is 6.54 Å². The van der Waals surface area contributed by atoms with Gasteiger partial charge in [-0.05, 0) is 48.9 Å². The maximum Gasteiger partial charge on any atom is 0.0715 e. The van der Waals surface area contributed by atoms with Crippen molar-refractivity contribution in [3.63, 3.8) is 0 Å². The van der Waals surface area contributed by atoms with Crippen LogP contribution in [0, 0.1) is 5.41 Å². The van der Waals surface area contributed by atoms with Gasteiger partial charge < -0.3 is 10.4 Å². The predicted octanol–water partition coefficient (Wildman–Crippen LogP) is 3.32. The second-order valence-electron chi connectivity index (χ2n) is 6.63. The molecule has 0 bridgehead atoms. The van der Waals surface area contributed by atoms with Crippen molar-refractivity contribution < 1.29 is 5.11 Å². The van der Waals surface area contributed by atoms with Crippen molar-refractivity contribution in [3.05, 3.63) is 34.3 Å². The fourth-order valence-electron chi connectivity index (χ4n) is 2.75. The molecule has 0 saturated carbocycles. The van der Waals surface area contributed by atoms with Crippen molar-refractivity contribution in [1.29, 1.82) is 0 Å². The highest BCUT2D eigenvalue weighted by atomic mass is 35.5. The Morgan fingerprint density at radius 1 is 1.44 bits per heavy atom. The molecular weight excluding hydrogens is 246 g/mol. The smallest absolute Gasteiger partial charge is 0.0715 e. The molecule has 0 amide bonds. The molecule has 2 nitrogen and oxygen atoms in total. The summed E-state index contributed by atoms with van der Waals surface area (Å²) >= 11 is 6.09. The van der Waals surface area contributed by atoms with E-state index in [-0.39, 0.29) is 11.5 Å². The van der Waals surface area contributed by atoms with Gasteiger partial charge in [0.15, 0.2) is 0 Å². The molecular formula is C15H22ClNO. The Kier molecular flexibility index (Phi) is 3.48. The lowest BCUT2D eigenvalue weighted by atomic mass is 9.85. The first-order valence-electron chi connectivity index (χ1n) is 6.43. The van der Waals surface area contributed by atoms with Gasteiger partial charge in [0.2, 0.25) is 0 Å². The molecule has 1 aromatic carbocycles. The van der Waals surface area contributed by atoms with Crippen LogP contribution in [0.25, 0.3) is 0 Å². The number of hydrogen-bond acceptors (Lipinski definition) is 2. The molecule has 100 valence electrons. The molecule has 2 rings (SSSR count). The van der Waals surface area contributed by atoms with Crippen LogP contribution in [0.2, 0.25) is 5.02 Å². The largest absolute Gasteiger partial charge is 0.389 e. The maximum absolute atomic E-state index is 9.86. The van der Waals surface area contributed by atoms with Crippen LogP contribution in [0.15, 0.2) is 18.2 Å². The SMILES string of the molecule is CC(C)(O)CNC1c2cc(Cl)ccc2CC1(C)C. The van der Waals surface area contributed by atoms with Crippen LogP contribution < -0.4 is 5.32 Å². The van der Waals surface area contributed by atoms with Gasteiger partial charge in [0, 0.05) is 17.6 Å². The Morgan fingerprint density at radius 3 is 2.72 bits per heavy atom. The molecule has 0 aromatic heterocycles. The molecule has 3 heteroatoms. The molecule has 0 fully saturated rings. The highest BCUT2D eigenvalue weighted by molar-refractivity contribution is 6.30. The van der Waals surface area contributed by atoms with E-state index in [4.69, 9.17) is 11.6 Å². The lowest BCUT2D eigenvalue weighted by Crippen LogP contribution is -2.40. The molecule has 0 saturated heterocycles. The summed E-state index contributed by atoms with van der Waals surface area (Å²) in [6, 6.07) is 6.37. The third-order valence-electron chi connectivity index (χ3n) is 3.59. The summed E-state index contributed by atoms with van der Waals surface area (Å²) in [7, 11) is 0. The minimum Gasteiger partial charge on any atom is -0.389 e. The normalized spacial score (nSPS) is 22.0. The molecule has 0 spiro atoms. The first-order valence-corrected chi connectivity index (χ1v) is 6.81. The van der Waals surface area contributed by atoms with Gasteiger partial charge in [0.05, 0.1) is 5.60 Å². The minimum atomic E-state index is -0.697. The zero-order valence-corrected chi connectivity index (χ0v) is 12.3. The van der Waals surface area contributed by atoms with E-state index in [2.05, 4.69) is 25.2 Å². The molecule has 1 aliphatic carbocycles. The van der Waals surface area contributed by atoms with Crippen LogP contribution in [0.1, 0.15) is 44.9 Å². The van der Waals surface area contributed by atoms with Gasteiger partial charge in [-0.3, -0.25) is 0 Å². The van der Waals surface area contributed by atoms with Gasteiger partial charge in [0.25, 0.3) is 0 Å². The van der Waals surface area contributed by atoms with E-state index in [1.165, 1.54) is 11.1 Å². The second kappa shape index (κ2) is 4.52. The monoisotopic (exact) mass is 267 g/mol. The molecule has 18 heavy (non-hydrogen) atoms. The van der Waals surface area contributed by atoms with Crippen LogP contribution in [0.3, 0.4) is 0 Å². The number of fused-ring (bicyclic) bond motifs is 1. The number of benzene rings is 1. The highest BCUT2D eigenvalue weighted by Crippen LogP contribution is 2.45. The fraction of sp³-hybridized carbons (Fsp3) is 0.600. The number of nitrogens with one attached hydrogen (secondary N) is 1. The summed E-state index contributed by atoms with van der Waals surface area (Å²) in [6.07, 6.45) is 1.04. The van der Waals surface area contributed by atoms with Crippen LogP contribution in [-0.4, -0.2) is 17.3 Å². The van der Waals surface area contributed by atoms with E-state index in [1.807, 2.05) is 26.0 Å². The van der Waals surface area contributed by atoms with E-state index >= 15 is 0 Å². The topological polar surface area (TPSA) is 32.3 Å². The second-order valence-corrected chi connectivity index (χ2v) is 7.07. The Bertz CT molecular complexity index is 448. The molecule has 1 aliphatic rings. The molecule has 1 atom stereocenters. The highest BCUT2D eigenvalue weighted by Gasteiger charge is 2.39. The number of rotatable bonds is 3. The van der Waals surface area contributed by atoms with E-state index in [0.717, 1.165) is 11.4 Å². The summed E-state index contributed by atoms with van der Waals surface area (Å²) in [5.74, 6) is 0. The van der Waals surface area contributed by atoms with Gasteiger partial charge in [0.1, 0.15) is 0 Å². The summed E-state index contributed by atoms with van der Waals surface area (Å²) in [5, 5.41) is 14.1. The van der Waals surface area contributed by atoms with Gasteiger partial charge in [-0.2, -0.15) is 0 Å². The van der Waals surface area contributed by atoms with Crippen molar-refractivity contribution >= 4 is 11.6 Å².